The predicted octanol–water partition coefficient (Wildman–Crippen LogP) is 34.4. The average molecular weight is 1910 g/mol. The van der Waals surface area contributed by atoms with Gasteiger partial charge < -0.3 is 13.7 Å². The summed E-state index contributed by atoms with van der Waals surface area (Å²) in [7, 11) is 0. The Labute approximate surface area is 866 Å². The lowest BCUT2D eigenvalue weighted by Crippen LogP contribution is -2.33. The van der Waals surface area contributed by atoms with Crippen molar-refractivity contribution in [1.82, 2.24) is 38.6 Å². The van der Waals surface area contributed by atoms with Gasteiger partial charge in [-0.1, -0.05) is 455 Å². The van der Waals surface area contributed by atoms with Gasteiger partial charge in [-0.2, -0.15) is 0 Å². The van der Waals surface area contributed by atoms with Gasteiger partial charge in [-0.3, -0.25) is 0 Å². The number of nitrogens with zero attached hydrogens (tertiary/aromatic N) is 8. The summed E-state index contributed by atoms with van der Waals surface area (Å²) in [5, 5.41) is 7.65. The fourth-order valence-corrected chi connectivity index (χ4v) is 26.5. The maximum atomic E-state index is 5.26. The van der Waals surface area contributed by atoms with Crippen LogP contribution in [0.1, 0.15) is 66.8 Å². The molecule has 0 N–H and O–H groups in total. The molecular weight excluding hydrogens is 1820 g/mol. The normalized spacial score (nSPS) is 14.0. The summed E-state index contributed by atoms with van der Waals surface area (Å²) in [4.78, 5) is 26.2. The molecule has 0 saturated heterocycles. The molecule has 0 radical (unpaired) electrons. The summed E-state index contributed by atoms with van der Waals surface area (Å²) < 4.78 is 7.49. The van der Waals surface area contributed by atoms with E-state index in [0.717, 1.165) is 89.9 Å². The topological polar surface area (TPSA) is 79.2 Å². The predicted molar refractivity (Wildman–Crippen MR) is 613 cm³/mol. The molecule has 1 atom stereocenters. The van der Waals surface area contributed by atoms with Gasteiger partial charge in [0, 0.05) is 76.8 Å². The van der Waals surface area contributed by atoms with Gasteiger partial charge in [0.2, 0.25) is 0 Å². The van der Waals surface area contributed by atoms with E-state index in [9.17, 15) is 0 Å². The molecule has 0 fully saturated rings. The maximum absolute atomic E-state index is 5.26. The first-order chi connectivity index (χ1) is 74.4. The molecule has 3 spiro atoms. The lowest BCUT2D eigenvalue weighted by Gasteiger charge is -2.39. The minimum atomic E-state index is -0.526. The number of hydrogen-bond donors (Lipinski definition) is 0. The van der Waals surface area contributed by atoms with Gasteiger partial charge >= 0.3 is 0 Å². The van der Waals surface area contributed by atoms with Crippen LogP contribution in [0.2, 0.25) is 0 Å². The Morgan fingerprint density at radius 3 is 0.780 bits per heavy atom. The van der Waals surface area contributed by atoms with Crippen molar-refractivity contribution < 1.29 is 0 Å². The van der Waals surface area contributed by atoms with Gasteiger partial charge in [-0.25, -0.2) is 24.9 Å². The molecule has 3 aliphatic heterocycles. The summed E-state index contributed by atoms with van der Waals surface area (Å²) in [6.07, 6.45) is 0. The Morgan fingerprint density at radius 1 is 0.133 bits per heavy atom. The van der Waals surface area contributed by atoms with E-state index in [2.05, 4.69) is 523 Å². The Hall–Kier alpha value is -19.7. The van der Waals surface area contributed by atoms with Crippen molar-refractivity contribution >= 4 is 65.4 Å². The Bertz CT molecular complexity index is 10000. The Kier molecular flexibility index (Phi) is 18.8. The monoisotopic (exact) mass is 1900 g/mol. The quantitative estimate of drug-likeness (QED) is 0.144. The molecule has 0 bridgehead atoms. The van der Waals surface area contributed by atoms with Crippen molar-refractivity contribution in [1.29, 1.82) is 0 Å². The molecule has 0 saturated carbocycles. The molecule has 3 aliphatic carbocycles. The fourth-order valence-electron chi connectivity index (χ4n) is 26.5. The van der Waals surface area contributed by atoms with Gasteiger partial charge in [-0.15, -0.1) is 0 Å². The van der Waals surface area contributed by atoms with Crippen molar-refractivity contribution in [3.63, 3.8) is 0 Å². The number of hydrogen-bond acceptors (Lipinski definition) is 5. The molecule has 150 heavy (non-hydrogen) atoms. The summed E-state index contributed by atoms with van der Waals surface area (Å²) in [5.41, 5.74) is 49.4. The molecule has 27 aromatic rings. The van der Waals surface area contributed by atoms with Crippen LogP contribution in [0.15, 0.2) is 534 Å². The van der Waals surface area contributed by atoms with Crippen LogP contribution in [-0.4, -0.2) is 38.6 Å². The molecule has 6 aliphatic rings. The van der Waals surface area contributed by atoms with E-state index < -0.39 is 16.2 Å². The lowest BCUT2D eigenvalue weighted by atomic mass is 9.65. The molecule has 21 aromatic carbocycles. The van der Waals surface area contributed by atoms with Crippen molar-refractivity contribution in [3.8, 4) is 152 Å². The molecule has 8 nitrogen and oxygen atoms in total. The molecular formula is C142H88N8. The van der Waals surface area contributed by atoms with Gasteiger partial charge in [0.15, 0.2) is 11.6 Å². The van der Waals surface area contributed by atoms with E-state index in [1.165, 1.54) is 182 Å². The van der Waals surface area contributed by atoms with Crippen LogP contribution < -0.4 is 0 Å². The highest BCUT2D eigenvalue weighted by atomic mass is 15.0. The Balaban J connectivity index is 0.000000101. The van der Waals surface area contributed by atoms with Crippen LogP contribution in [0.3, 0.4) is 0 Å². The minimum absolute atomic E-state index is 0.479. The fraction of sp³-hybridized carbons (Fsp3) is 0.0211. The first kappa shape index (κ1) is 84.8. The van der Waals surface area contributed by atoms with Gasteiger partial charge in [0.1, 0.15) is 0 Å². The van der Waals surface area contributed by atoms with E-state index in [0.29, 0.717) is 11.6 Å². The van der Waals surface area contributed by atoms with E-state index in [-0.39, 0.29) is 0 Å². The number of pyridine rings is 1. The third kappa shape index (κ3) is 12.2. The number of rotatable bonds is 9. The largest absolute Gasteiger partial charge is 0.309 e. The van der Waals surface area contributed by atoms with Crippen molar-refractivity contribution in [3.05, 3.63) is 601 Å². The van der Waals surface area contributed by atoms with Crippen LogP contribution in [-0.2, 0) is 16.2 Å². The smallest absolute Gasteiger partial charge is 0.160 e. The zero-order chi connectivity index (χ0) is 98.4. The number of para-hydroxylation sites is 7. The molecule has 696 valence electrons. The van der Waals surface area contributed by atoms with Crippen LogP contribution in [0.25, 0.3) is 217 Å². The molecule has 33 rings (SSSR count). The van der Waals surface area contributed by atoms with E-state index in [1.807, 2.05) is 24.3 Å². The maximum Gasteiger partial charge on any atom is 0.160 e. The van der Waals surface area contributed by atoms with E-state index in [1.54, 1.807) is 0 Å². The molecule has 9 heterocycles. The summed E-state index contributed by atoms with van der Waals surface area (Å²) in [5.74, 6) is 1.42. The molecule has 0 amide bonds. The first-order valence-corrected chi connectivity index (χ1v) is 51.7. The highest BCUT2D eigenvalue weighted by molar-refractivity contribution is 6.17. The van der Waals surface area contributed by atoms with Crippen LogP contribution in [0.4, 0.5) is 0 Å². The zero-order valence-corrected chi connectivity index (χ0v) is 81.4. The van der Waals surface area contributed by atoms with E-state index >= 15 is 0 Å². The van der Waals surface area contributed by atoms with Crippen molar-refractivity contribution in [2.75, 3.05) is 0 Å². The number of aromatic nitrogens is 8. The second kappa shape index (κ2) is 33.2. The van der Waals surface area contributed by atoms with Gasteiger partial charge in [0.25, 0.3) is 0 Å². The summed E-state index contributed by atoms with van der Waals surface area (Å²) >= 11 is 0. The Morgan fingerprint density at radius 2 is 0.393 bits per heavy atom. The SMILES string of the molecule is c1ccc(-c2cc(-c3ccc4c(c3)C3(c5ccccc5-4)c4ccccc4-n4c5ccccc5c5cccc3c54)cc(-c3ccccc3)n2)cc1.c1ccc(-c2cc(-c3ccccc3)nc(-c3ccc4c(c3)-n3c5ccccc5c5cccc(c53)C43c4ccccc4-c4ccccc43)n2)cc1.c1ccc(-c2cc(-c3ccccc3)nc(-c3ccc4c(c3)C3(c5ccccc5-c5ccccc53)c3cccc5c6ccccc6n-4c35)n2)cc1. The van der Waals surface area contributed by atoms with Crippen LogP contribution in [0.5, 0.6) is 0 Å². The molecule has 6 aromatic heterocycles. The van der Waals surface area contributed by atoms with Crippen molar-refractivity contribution in [2.45, 2.75) is 16.2 Å². The minimum Gasteiger partial charge on any atom is -0.309 e. The number of fused-ring (bicyclic) bond motifs is 36. The van der Waals surface area contributed by atoms with Crippen molar-refractivity contribution in [2.24, 2.45) is 0 Å². The van der Waals surface area contributed by atoms with Gasteiger partial charge in [-0.05, 0) is 190 Å². The van der Waals surface area contributed by atoms with Crippen LogP contribution in [0, 0.1) is 0 Å². The third-order valence-electron chi connectivity index (χ3n) is 32.6. The molecule has 1 unspecified atom stereocenters. The average Bonchev–Trinajstić information content (AvgIpc) is 1.50. The van der Waals surface area contributed by atoms with Crippen LogP contribution >= 0.6 is 0 Å². The second-order valence-corrected chi connectivity index (χ2v) is 40.1. The van der Waals surface area contributed by atoms with Gasteiger partial charge in [0.05, 0.1) is 101 Å². The highest BCUT2D eigenvalue weighted by Crippen LogP contribution is 2.66. The van der Waals surface area contributed by atoms with E-state index in [4.69, 9.17) is 24.9 Å². The summed E-state index contributed by atoms with van der Waals surface area (Å²) in [6, 6.07) is 194. The number of benzene rings is 21. The third-order valence-corrected chi connectivity index (χ3v) is 32.6. The summed E-state index contributed by atoms with van der Waals surface area (Å²) in [6.45, 7) is 0. The zero-order valence-electron chi connectivity index (χ0n) is 81.4. The highest BCUT2D eigenvalue weighted by Gasteiger charge is 2.55. The molecule has 8 heteroatoms. The second-order valence-electron chi connectivity index (χ2n) is 40.1. The standard InChI is InChI=1S/C48H30N2.2C47H29N3/c1-3-14-31(15-4-1)43-29-34(30-44(49-43)32-16-5-2-6-17-32)33-26-27-36-35-18-7-9-21-39(35)48(42(36)28-33)40-22-10-12-25-46(40)50-45-24-11-8-19-37(45)38-20-13-23-41(48)47(38)50;1-3-14-30(15-4-1)41-29-42(31-16-5-2-6-17-31)49-46(48-41)32-26-27-39-44(28-32)50-43-25-12-9-20-35(43)36-21-13-24-40(45(36)50)47(39)37-22-10-7-18-33(37)34-19-8-11-23-38(34)47;1-3-14-30(15-4-1)41-29-42(31-16-5-2-6-17-31)49-46(48-41)32-26-27-44-40(28-32)47(37-22-10-7-18-33(37)34-19-8-11-23-38(34)47)39-24-13-21-36-35-20-9-12-25-43(35)50(44)45(36)39/h1-30H;2*1-29H. The lowest BCUT2D eigenvalue weighted by molar-refractivity contribution is 0.748. The first-order valence-electron chi connectivity index (χ1n) is 51.7.